The van der Waals surface area contributed by atoms with Gasteiger partial charge in [0.25, 0.3) is 5.56 Å². The molecule has 1 aromatic carbocycles. The fourth-order valence-corrected chi connectivity index (χ4v) is 5.46. The van der Waals surface area contributed by atoms with E-state index < -0.39 is 0 Å². The van der Waals surface area contributed by atoms with Gasteiger partial charge in [0.2, 0.25) is 0 Å². The summed E-state index contributed by atoms with van der Waals surface area (Å²) in [4.78, 5) is 24.4. The van der Waals surface area contributed by atoms with Crippen LogP contribution in [-0.2, 0) is 12.8 Å². The number of rotatable bonds is 5. The predicted octanol–water partition coefficient (Wildman–Crippen LogP) is 2.87. The Morgan fingerprint density at radius 1 is 1.14 bits per heavy atom. The zero-order valence-electron chi connectivity index (χ0n) is 16.6. The van der Waals surface area contributed by atoms with Gasteiger partial charge in [0, 0.05) is 37.4 Å². The number of piperazine rings is 1. The van der Waals surface area contributed by atoms with Crippen molar-refractivity contribution in [3.05, 3.63) is 58.3 Å². The normalized spacial score (nSPS) is 27.0. The van der Waals surface area contributed by atoms with Gasteiger partial charge in [0.05, 0.1) is 12.0 Å². The monoisotopic (exact) mass is 378 g/mol. The second kappa shape index (κ2) is 7.36. The Morgan fingerprint density at radius 3 is 2.79 bits per heavy atom. The highest BCUT2D eigenvalue weighted by atomic mass is 16.1. The largest absolute Gasteiger partial charge is 0.369 e. The molecule has 2 heterocycles. The molecule has 148 valence electrons. The Morgan fingerprint density at radius 2 is 1.96 bits per heavy atom. The first-order valence-corrected chi connectivity index (χ1v) is 10.8. The van der Waals surface area contributed by atoms with Crippen molar-refractivity contribution in [3.63, 3.8) is 0 Å². The molecule has 0 bridgehead atoms. The SMILES string of the molecule is O=c1[nH]cnc2c1CC1(CC2)CC1CCCN1CCN(c2ccccc2)CC1. The van der Waals surface area contributed by atoms with Crippen molar-refractivity contribution in [2.75, 3.05) is 37.6 Å². The number of aryl methyl sites for hydroxylation is 1. The van der Waals surface area contributed by atoms with Crippen LogP contribution in [0.25, 0.3) is 0 Å². The second-order valence-electron chi connectivity index (χ2n) is 8.90. The Bertz CT molecular complexity index is 872. The molecular weight excluding hydrogens is 348 g/mol. The highest BCUT2D eigenvalue weighted by Crippen LogP contribution is 2.61. The summed E-state index contributed by atoms with van der Waals surface area (Å²) in [6, 6.07) is 10.8. The first kappa shape index (κ1) is 17.9. The number of benzene rings is 1. The molecule has 5 nitrogen and oxygen atoms in total. The first-order valence-electron chi connectivity index (χ1n) is 10.8. The number of para-hydroxylation sites is 1. The molecule has 0 radical (unpaired) electrons. The molecule has 2 unspecified atom stereocenters. The van der Waals surface area contributed by atoms with E-state index in [0.29, 0.717) is 5.41 Å². The summed E-state index contributed by atoms with van der Waals surface area (Å²) in [5, 5.41) is 0. The first-order chi connectivity index (χ1) is 13.7. The summed E-state index contributed by atoms with van der Waals surface area (Å²) < 4.78 is 0. The van der Waals surface area contributed by atoms with Gasteiger partial charge in [-0.2, -0.15) is 0 Å². The molecule has 5 heteroatoms. The zero-order valence-corrected chi connectivity index (χ0v) is 16.6. The van der Waals surface area contributed by atoms with E-state index in [1.807, 2.05) is 0 Å². The Balaban J connectivity index is 1.07. The summed E-state index contributed by atoms with van der Waals surface area (Å²) in [5.41, 5.74) is 3.86. The maximum atomic E-state index is 12.1. The van der Waals surface area contributed by atoms with Gasteiger partial charge in [-0.05, 0) is 68.5 Å². The molecule has 0 amide bonds. The van der Waals surface area contributed by atoms with Gasteiger partial charge in [-0.3, -0.25) is 9.69 Å². The Labute approximate surface area is 166 Å². The summed E-state index contributed by atoms with van der Waals surface area (Å²) >= 11 is 0. The van der Waals surface area contributed by atoms with Crippen molar-refractivity contribution in [2.24, 2.45) is 11.3 Å². The van der Waals surface area contributed by atoms with E-state index in [1.54, 1.807) is 6.33 Å². The second-order valence-corrected chi connectivity index (χ2v) is 8.90. The number of aromatic nitrogens is 2. The maximum absolute atomic E-state index is 12.1. The minimum absolute atomic E-state index is 0.0889. The predicted molar refractivity (Wildman–Crippen MR) is 112 cm³/mol. The third-order valence-electron chi connectivity index (χ3n) is 7.31. The van der Waals surface area contributed by atoms with Crippen LogP contribution in [0.5, 0.6) is 0 Å². The molecule has 2 fully saturated rings. The van der Waals surface area contributed by atoms with E-state index in [0.717, 1.165) is 43.1 Å². The molecule has 2 aromatic rings. The summed E-state index contributed by atoms with van der Waals surface area (Å²) in [5.74, 6) is 0.811. The zero-order chi connectivity index (χ0) is 19.0. The third-order valence-corrected chi connectivity index (χ3v) is 7.31. The summed E-state index contributed by atoms with van der Waals surface area (Å²) in [7, 11) is 0. The van der Waals surface area contributed by atoms with Crippen LogP contribution in [-0.4, -0.2) is 47.6 Å². The van der Waals surface area contributed by atoms with Crippen LogP contribution in [0.15, 0.2) is 41.5 Å². The van der Waals surface area contributed by atoms with Gasteiger partial charge in [-0.15, -0.1) is 0 Å². The fourth-order valence-electron chi connectivity index (χ4n) is 5.46. The quantitative estimate of drug-likeness (QED) is 0.869. The van der Waals surface area contributed by atoms with Crippen molar-refractivity contribution in [1.29, 1.82) is 0 Å². The number of hydrogen-bond donors (Lipinski definition) is 1. The van der Waals surface area contributed by atoms with Crippen LogP contribution in [0.1, 0.15) is 36.9 Å². The Hall–Kier alpha value is -2.14. The number of hydrogen-bond acceptors (Lipinski definition) is 4. The molecule has 2 aliphatic carbocycles. The van der Waals surface area contributed by atoms with E-state index in [-0.39, 0.29) is 5.56 Å². The molecule has 5 rings (SSSR count). The third kappa shape index (κ3) is 3.48. The van der Waals surface area contributed by atoms with E-state index in [4.69, 9.17) is 0 Å². The van der Waals surface area contributed by atoms with E-state index in [1.165, 1.54) is 51.0 Å². The van der Waals surface area contributed by atoms with E-state index >= 15 is 0 Å². The van der Waals surface area contributed by atoms with Crippen LogP contribution in [0.2, 0.25) is 0 Å². The molecule has 1 aromatic heterocycles. The van der Waals surface area contributed by atoms with Gasteiger partial charge >= 0.3 is 0 Å². The molecule has 28 heavy (non-hydrogen) atoms. The minimum Gasteiger partial charge on any atom is -0.369 e. The van der Waals surface area contributed by atoms with Gasteiger partial charge in [-0.25, -0.2) is 4.98 Å². The lowest BCUT2D eigenvalue weighted by atomic mass is 9.82. The molecule has 1 N–H and O–H groups in total. The average molecular weight is 379 g/mol. The van der Waals surface area contributed by atoms with Crippen LogP contribution in [0, 0.1) is 11.3 Å². The van der Waals surface area contributed by atoms with Crippen molar-refractivity contribution in [2.45, 2.75) is 38.5 Å². The van der Waals surface area contributed by atoms with Crippen LogP contribution >= 0.6 is 0 Å². The highest BCUT2D eigenvalue weighted by molar-refractivity contribution is 5.46. The van der Waals surface area contributed by atoms with E-state index in [9.17, 15) is 4.79 Å². The van der Waals surface area contributed by atoms with Crippen molar-refractivity contribution >= 4 is 5.69 Å². The van der Waals surface area contributed by atoms with Crippen molar-refractivity contribution in [3.8, 4) is 0 Å². The number of aromatic amines is 1. The molecule has 3 aliphatic rings. The number of fused-ring (bicyclic) bond motifs is 1. The van der Waals surface area contributed by atoms with E-state index in [2.05, 4.69) is 50.1 Å². The number of nitrogens with zero attached hydrogens (tertiary/aromatic N) is 3. The van der Waals surface area contributed by atoms with Crippen molar-refractivity contribution in [1.82, 2.24) is 14.9 Å². The number of nitrogens with one attached hydrogen (secondary N) is 1. The molecule has 1 saturated heterocycles. The number of anilines is 1. The molecule has 1 saturated carbocycles. The summed E-state index contributed by atoms with van der Waals surface area (Å²) in [6.45, 7) is 5.81. The topological polar surface area (TPSA) is 52.2 Å². The van der Waals surface area contributed by atoms with Crippen LogP contribution in [0.4, 0.5) is 5.69 Å². The fraction of sp³-hybridized carbons (Fsp3) is 0.565. The van der Waals surface area contributed by atoms with Crippen molar-refractivity contribution < 1.29 is 0 Å². The molecular formula is C23H30N4O. The smallest absolute Gasteiger partial charge is 0.254 e. The highest BCUT2D eigenvalue weighted by Gasteiger charge is 2.54. The van der Waals surface area contributed by atoms with Gasteiger partial charge in [0.1, 0.15) is 0 Å². The molecule has 1 aliphatic heterocycles. The Kier molecular flexibility index (Phi) is 4.71. The average Bonchev–Trinajstić information content (AvgIpc) is 3.41. The maximum Gasteiger partial charge on any atom is 0.254 e. The van der Waals surface area contributed by atoms with Crippen LogP contribution < -0.4 is 10.5 Å². The number of H-pyrrole nitrogens is 1. The van der Waals surface area contributed by atoms with Gasteiger partial charge in [0.15, 0.2) is 0 Å². The lowest BCUT2D eigenvalue weighted by Crippen LogP contribution is -2.46. The lowest BCUT2D eigenvalue weighted by molar-refractivity contribution is 0.247. The molecule has 1 spiro atoms. The minimum atomic E-state index is 0.0889. The van der Waals surface area contributed by atoms with Crippen LogP contribution in [0.3, 0.4) is 0 Å². The van der Waals surface area contributed by atoms with Gasteiger partial charge < -0.3 is 9.88 Å². The standard InChI is InChI=1S/C23H30N4O/c28-22-20-16-23(9-8-21(20)24-17-25-22)15-18(23)5-4-10-26-11-13-27(14-12-26)19-6-2-1-3-7-19/h1-3,6-7,17-18H,4-5,8-16H2,(H,24,25,28). The lowest BCUT2D eigenvalue weighted by Gasteiger charge is -2.36. The summed E-state index contributed by atoms with van der Waals surface area (Å²) in [6.07, 6.45) is 8.62. The molecule has 2 atom stereocenters. The van der Waals surface area contributed by atoms with Gasteiger partial charge in [-0.1, -0.05) is 18.2 Å².